The van der Waals surface area contributed by atoms with E-state index in [-0.39, 0.29) is 17.2 Å². The Morgan fingerprint density at radius 1 is 1.28 bits per heavy atom. The van der Waals surface area contributed by atoms with Gasteiger partial charge >= 0.3 is 5.97 Å². The molecule has 0 saturated heterocycles. The molecular weight excluding hydrogens is 228 g/mol. The summed E-state index contributed by atoms with van der Waals surface area (Å²) in [6.45, 7) is 5.62. The quantitative estimate of drug-likeness (QED) is 0.570. The Labute approximate surface area is 109 Å². The van der Waals surface area contributed by atoms with Gasteiger partial charge in [0.2, 0.25) is 0 Å². The van der Waals surface area contributed by atoms with Gasteiger partial charge in [-0.15, -0.1) is 0 Å². The fourth-order valence-corrected chi connectivity index (χ4v) is 4.79. The third-order valence-electron chi connectivity index (χ3n) is 5.67. The summed E-state index contributed by atoms with van der Waals surface area (Å²) in [5.74, 6) is 1.38. The predicted octanol–water partition coefficient (Wildman–Crippen LogP) is 2.70. The second-order valence-electron chi connectivity index (χ2n) is 6.54. The third kappa shape index (κ3) is 1.56. The molecule has 2 atom stereocenters. The molecule has 0 aromatic heterocycles. The van der Waals surface area contributed by atoms with E-state index >= 15 is 0 Å². The molecular formula is C15H22O3. The SMILES string of the molecule is C=CC(=O)OC1(C)C2CC3CC1CC(OC)(C3)C2. The van der Waals surface area contributed by atoms with Crippen molar-refractivity contribution in [1.82, 2.24) is 0 Å². The average molecular weight is 250 g/mol. The number of hydrogen-bond donors (Lipinski definition) is 0. The first-order valence-electron chi connectivity index (χ1n) is 6.92. The molecule has 18 heavy (non-hydrogen) atoms. The number of esters is 1. The van der Waals surface area contributed by atoms with E-state index in [4.69, 9.17) is 9.47 Å². The smallest absolute Gasteiger partial charge is 0.330 e. The zero-order chi connectivity index (χ0) is 13.0. The fraction of sp³-hybridized carbons (Fsp3) is 0.800. The van der Waals surface area contributed by atoms with Crippen LogP contribution in [0, 0.1) is 17.8 Å². The first-order valence-corrected chi connectivity index (χ1v) is 6.92. The van der Waals surface area contributed by atoms with Gasteiger partial charge in [0, 0.05) is 25.0 Å². The van der Waals surface area contributed by atoms with E-state index in [2.05, 4.69) is 13.5 Å². The average Bonchev–Trinajstić information content (AvgIpc) is 2.35. The van der Waals surface area contributed by atoms with Crippen molar-refractivity contribution in [2.45, 2.75) is 50.2 Å². The van der Waals surface area contributed by atoms with Gasteiger partial charge in [0.05, 0.1) is 5.60 Å². The van der Waals surface area contributed by atoms with Gasteiger partial charge in [0.1, 0.15) is 5.60 Å². The third-order valence-corrected chi connectivity index (χ3v) is 5.67. The second-order valence-corrected chi connectivity index (χ2v) is 6.54. The number of ether oxygens (including phenoxy) is 2. The predicted molar refractivity (Wildman–Crippen MR) is 68.0 cm³/mol. The lowest BCUT2D eigenvalue weighted by molar-refractivity contribution is -0.239. The molecule has 100 valence electrons. The number of rotatable bonds is 3. The van der Waals surface area contributed by atoms with Gasteiger partial charge in [0.25, 0.3) is 0 Å². The zero-order valence-electron chi connectivity index (χ0n) is 11.3. The highest BCUT2D eigenvalue weighted by Crippen LogP contribution is 2.61. The normalized spacial score (nSPS) is 49.1. The molecule has 0 heterocycles. The standard InChI is InChI=1S/C15H22O3/c1-4-13(16)18-14(2)11-5-10-6-12(14)9-15(7-10,8-11)17-3/h4,10-12H,1,5-9H2,2-3H3. The molecule has 0 N–H and O–H groups in total. The highest BCUT2D eigenvalue weighted by atomic mass is 16.6. The van der Waals surface area contributed by atoms with Crippen molar-refractivity contribution in [3.8, 4) is 0 Å². The topological polar surface area (TPSA) is 35.5 Å². The first-order chi connectivity index (χ1) is 8.51. The largest absolute Gasteiger partial charge is 0.456 e. The van der Waals surface area contributed by atoms with Crippen LogP contribution in [-0.4, -0.2) is 24.3 Å². The zero-order valence-corrected chi connectivity index (χ0v) is 11.3. The van der Waals surface area contributed by atoms with Crippen LogP contribution in [0.5, 0.6) is 0 Å². The van der Waals surface area contributed by atoms with Crippen molar-refractivity contribution >= 4 is 5.97 Å². The van der Waals surface area contributed by atoms with Crippen molar-refractivity contribution in [3.63, 3.8) is 0 Å². The summed E-state index contributed by atoms with van der Waals surface area (Å²) in [5.41, 5.74) is -0.235. The minimum atomic E-state index is -0.301. The highest BCUT2D eigenvalue weighted by molar-refractivity contribution is 5.81. The number of carbonyl (C=O) groups excluding carboxylic acids is 1. The first kappa shape index (κ1) is 12.2. The lowest BCUT2D eigenvalue weighted by atomic mass is 9.48. The Bertz CT molecular complexity index is 371. The maximum Gasteiger partial charge on any atom is 0.330 e. The molecule has 0 aliphatic heterocycles. The van der Waals surface area contributed by atoms with Crippen molar-refractivity contribution < 1.29 is 14.3 Å². The Balaban J connectivity index is 1.87. The molecule has 0 aromatic carbocycles. The van der Waals surface area contributed by atoms with Crippen molar-refractivity contribution in [3.05, 3.63) is 12.7 Å². The molecule has 0 aromatic rings. The van der Waals surface area contributed by atoms with Gasteiger partial charge in [-0.1, -0.05) is 6.58 Å². The van der Waals surface area contributed by atoms with E-state index in [1.807, 2.05) is 7.11 Å². The fourth-order valence-electron chi connectivity index (χ4n) is 4.79. The Morgan fingerprint density at radius 3 is 2.39 bits per heavy atom. The molecule has 0 amide bonds. The molecule has 0 radical (unpaired) electrons. The molecule has 4 fully saturated rings. The van der Waals surface area contributed by atoms with Gasteiger partial charge in [-0.05, 0) is 44.9 Å². The van der Waals surface area contributed by atoms with Crippen molar-refractivity contribution in [2.24, 2.45) is 17.8 Å². The van der Waals surface area contributed by atoms with Crippen molar-refractivity contribution in [1.29, 1.82) is 0 Å². The monoisotopic (exact) mass is 250 g/mol. The summed E-state index contributed by atoms with van der Waals surface area (Å²) in [6.07, 6.45) is 6.92. The van der Waals surface area contributed by atoms with Crippen LogP contribution in [-0.2, 0) is 14.3 Å². The van der Waals surface area contributed by atoms with Crippen LogP contribution in [0.3, 0.4) is 0 Å². The van der Waals surface area contributed by atoms with Crippen LogP contribution >= 0.6 is 0 Å². The van der Waals surface area contributed by atoms with E-state index in [0.717, 1.165) is 18.8 Å². The maximum atomic E-state index is 11.6. The lowest BCUT2D eigenvalue weighted by Crippen LogP contribution is -2.64. The summed E-state index contributed by atoms with van der Waals surface area (Å²) in [5, 5.41) is 0. The van der Waals surface area contributed by atoms with E-state index < -0.39 is 0 Å². The van der Waals surface area contributed by atoms with Gasteiger partial charge in [0.15, 0.2) is 0 Å². The molecule has 4 saturated carbocycles. The van der Waals surface area contributed by atoms with Gasteiger partial charge in [-0.3, -0.25) is 0 Å². The van der Waals surface area contributed by atoms with E-state index in [0.29, 0.717) is 11.8 Å². The Hall–Kier alpha value is -0.830. The molecule has 4 aliphatic carbocycles. The molecule has 3 nitrogen and oxygen atoms in total. The number of hydrogen-bond acceptors (Lipinski definition) is 3. The summed E-state index contributed by atoms with van der Waals surface area (Å²) in [4.78, 5) is 11.6. The summed E-state index contributed by atoms with van der Waals surface area (Å²) in [7, 11) is 1.83. The van der Waals surface area contributed by atoms with Crippen LogP contribution in [0.15, 0.2) is 12.7 Å². The Morgan fingerprint density at radius 2 is 1.89 bits per heavy atom. The summed E-state index contributed by atoms with van der Waals surface area (Å²) >= 11 is 0. The van der Waals surface area contributed by atoms with Crippen LogP contribution in [0.2, 0.25) is 0 Å². The summed E-state index contributed by atoms with van der Waals surface area (Å²) in [6, 6.07) is 0. The van der Waals surface area contributed by atoms with E-state index in [1.54, 1.807) is 0 Å². The van der Waals surface area contributed by atoms with Crippen LogP contribution in [0.4, 0.5) is 0 Å². The van der Waals surface area contributed by atoms with Crippen molar-refractivity contribution in [2.75, 3.05) is 7.11 Å². The molecule has 2 unspecified atom stereocenters. The molecule has 4 bridgehead atoms. The molecule has 0 spiro atoms. The summed E-state index contributed by atoms with van der Waals surface area (Å²) < 4.78 is 11.6. The minimum Gasteiger partial charge on any atom is -0.456 e. The second kappa shape index (κ2) is 3.83. The highest BCUT2D eigenvalue weighted by Gasteiger charge is 2.62. The van der Waals surface area contributed by atoms with Gasteiger partial charge in [-0.25, -0.2) is 4.79 Å². The lowest BCUT2D eigenvalue weighted by Gasteiger charge is -2.62. The van der Waals surface area contributed by atoms with Crippen LogP contribution in [0.1, 0.15) is 39.0 Å². The van der Waals surface area contributed by atoms with E-state index in [1.165, 1.54) is 25.3 Å². The number of methoxy groups -OCH3 is 1. The molecule has 4 rings (SSSR count). The number of carbonyl (C=O) groups is 1. The van der Waals surface area contributed by atoms with Crippen LogP contribution < -0.4 is 0 Å². The van der Waals surface area contributed by atoms with Crippen LogP contribution in [0.25, 0.3) is 0 Å². The Kier molecular flexibility index (Phi) is 2.60. The maximum absolute atomic E-state index is 11.6. The van der Waals surface area contributed by atoms with Gasteiger partial charge in [-0.2, -0.15) is 0 Å². The molecule has 4 aliphatic rings. The molecule has 3 heteroatoms. The van der Waals surface area contributed by atoms with Gasteiger partial charge < -0.3 is 9.47 Å². The minimum absolute atomic E-state index is 0.0661. The van der Waals surface area contributed by atoms with E-state index in [9.17, 15) is 4.79 Å².